The number of carbonyl (C=O) groups excluding carboxylic acids is 1. The molecule has 0 spiro atoms. The number of fused-ring (bicyclic) bond motifs is 1. The average Bonchev–Trinajstić information content (AvgIpc) is 3.22. The van der Waals surface area contributed by atoms with Gasteiger partial charge >= 0.3 is 5.97 Å². The Labute approximate surface area is 247 Å². The Morgan fingerprint density at radius 1 is 1.18 bits per heavy atom. The van der Waals surface area contributed by atoms with E-state index in [9.17, 15) is 9.59 Å². The molecule has 0 saturated carbocycles. The van der Waals surface area contributed by atoms with Crippen molar-refractivity contribution in [2.75, 3.05) is 20.3 Å². The zero-order chi connectivity index (χ0) is 29.0. The van der Waals surface area contributed by atoms with Crippen LogP contribution in [0.25, 0.3) is 6.08 Å². The smallest absolute Gasteiger partial charge is 0.338 e. The number of rotatable bonds is 10. The zero-order valence-corrected chi connectivity index (χ0v) is 25.5. The van der Waals surface area contributed by atoms with E-state index in [1.807, 2.05) is 19.9 Å². The number of ether oxygens (including phenoxy) is 3. The summed E-state index contributed by atoms with van der Waals surface area (Å²) >= 11 is 13.7. The van der Waals surface area contributed by atoms with Gasteiger partial charge in [0.1, 0.15) is 0 Å². The summed E-state index contributed by atoms with van der Waals surface area (Å²) in [4.78, 5) is 32.5. The van der Waals surface area contributed by atoms with Gasteiger partial charge in [-0.05, 0) is 60.7 Å². The van der Waals surface area contributed by atoms with Crippen LogP contribution in [0.4, 0.5) is 0 Å². The van der Waals surface area contributed by atoms with Crippen molar-refractivity contribution >= 4 is 46.6 Å². The number of carbonyl (C=O) groups is 1. The summed E-state index contributed by atoms with van der Waals surface area (Å²) in [6, 6.07) is 9.75. The van der Waals surface area contributed by atoms with E-state index in [2.05, 4.69) is 11.9 Å². The maximum atomic E-state index is 13.9. The third-order valence-electron chi connectivity index (χ3n) is 6.30. The monoisotopic (exact) mass is 602 g/mol. The molecule has 4 rings (SSSR count). The van der Waals surface area contributed by atoms with Crippen molar-refractivity contribution in [3.05, 3.63) is 88.5 Å². The van der Waals surface area contributed by atoms with Crippen molar-refractivity contribution in [1.29, 1.82) is 0 Å². The lowest BCUT2D eigenvalue weighted by atomic mass is 9.95. The largest absolute Gasteiger partial charge is 0.493 e. The first-order valence-corrected chi connectivity index (χ1v) is 14.7. The Bertz CT molecular complexity index is 1620. The summed E-state index contributed by atoms with van der Waals surface area (Å²) in [6.07, 6.45) is 3.62. The highest BCUT2D eigenvalue weighted by atomic mass is 35.5. The van der Waals surface area contributed by atoms with E-state index >= 15 is 0 Å². The molecule has 3 aromatic rings. The maximum absolute atomic E-state index is 13.9. The molecule has 7 nitrogen and oxygen atoms in total. The molecule has 40 heavy (non-hydrogen) atoms. The highest BCUT2D eigenvalue weighted by Crippen LogP contribution is 2.36. The second kappa shape index (κ2) is 13.1. The molecule has 0 saturated heterocycles. The van der Waals surface area contributed by atoms with E-state index in [0.717, 1.165) is 12.8 Å². The third-order valence-corrected chi connectivity index (χ3v) is 7.84. The first-order chi connectivity index (χ1) is 19.1. The summed E-state index contributed by atoms with van der Waals surface area (Å²) in [6.45, 7) is 8.58. The molecule has 1 aromatic heterocycles. The van der Waals surface area contributed by atoms with Gasteiger partial charge in [0.25, 0.3) is 5.56 Å². The zero-order valence-electron chi connectivity index (χ0n) is 23.1. The molecule has 212 valence electrons. The van der Waals surface area contributed by atoms with Crippen LogP contribution < -0.4 is 24.4 Å². The lowest BCUT2D eigenvalue weighted by molar-refractivity contribution is -0.140. The number of unbranched alkanes of at least 4 members (excludes halogenated alkanes) is 1. The number of aromatic nitrogens is 1. The summed E-state index contributed by atoms with van der Waals surface area (Å²) in [5.41, 5.74) is 1.80. The van der Waals surface area contributed by atoms with Crippen LogP contribution in [0.5, 0.6) is 11.5 Å². The lowest BCUT2D eigenvalue weighted by Gasteiger charge is -2.25. The molecular formula is C30H32Cl2N2O5S. The van der Waals surface area contributed by atoms with Crippen LogP contribution in [0.2, 0.25) is 10.0 Å². The Hall–Kier alpha value is -3.07. The van der Waals surface area contributed by atoms with E-state index in [4.69, 9.17) is 37.4 Å². The molecule has 0 amide bonds. The molecule has 0 aliphatic carbocycles. The number of nitrogens with zero attached hydrogens (tertiary/aromatic N) is 2. The Morgan fingerprint density at radius 2 is 1.95 bits per heavy atom. The van der Waals surface area contributed by atoms with Crippen molar-refractivity contribution in [3.63, 3.8) is 0 Å². The number of benzene rings is 2. The van der Waals surface area contributed by atoms with Gasteiger partial charge in [-0.2, -0.15) is 0 Å². The Morgan fingerprint density at radius 3 is 2.62 bits per heavy atom. The van der Waals surface area contributed by atoms with Gasteiger partial charge in [0, 0.05) is 10.0 Å². The molecule has 10 heteroatoms. The second-order valence-corrected chi connectivity index (χ2v) is 11.7. The Kier molecular flexibility index (Phi) is 9.77. The van der Waals surface area contributed by atoms with Crippen LogP contribution in [0.1, 0.15) is 57.7 Å². The number of allylic oxidation sites excluding steroid dienone is 1. The molecule has 0 fully saturated rings. The van der Waals surface area contributed by atoms with Crippen LogP contribution >= 0.6 is 34.5 Å². The molecule has 1 unspecified atom stereocenters. The van der Waals surface area contributed by atoms with Gasteiger partial charge in [0.15, 0.2) is 16.3 Å². The average molecular weight is 604 g/mol. The molecule has 1 atom stereocenters. The van der Waals surface area contributed by atoms with Gasteiger partial charge in [-0.1, -0.05) is 73.9 Å². The Balaban J connectivity index is 1.89. The molecule has 0 N–H and O–H groups in total. The van der Waals surface area contributed by atoms with Crippen LogP contribution in [0.15, 0.2) is 57.5 Å². The minimum absolute atomic E-state index is 0.147. The first kappa shape index (κ1) is 29.9. The molecular weight excluding hydrogens is 571 g/mol. The predicted octanol–water partition coefficient (Wildman–Crippen LogP) is 5.93. The van der Waals surface area contributed by atoms with Gasteiger partial charge in [-0.15, -0.1) is 0 Å². The van der Waals surface area contributed by atoms with Crippen molar-refractivity contribution in [1.82, 2.24) is 4.57 Å². The fraction of sp³-hybridized carbons (Fsp3) is 0.367. The van der Waals surface area contributed by atoms with Gasteiger partial charge < -0.3 is 14.2 Å². The van der Waals surface area contributed by atoms with E-state index in [1.54, 1.807) is 50.4 Å². The van der Waals surface area contributed by atoms with Crippen LogP contribution in [0.3, 0.4) is 0 Å². The summed E-state index contributed by atoms with van der Waals surface area (Å²) < 4.78 is 19.1. The standard InChI is InChI=1S/C30H32Cl2N2O5S/c1-6-7-12-38-23-11-9-20(13-24(23)37-5)27-26(29(36)39-16-17(2)3)18(4)33-30-34(27)28(35)25(40-30)14-19-8-10-21(31)15-22(19)32/h8-11,13-15,17,27H,6-7,12,16H2,1-5H3/b25-14-. The van der Waals surface area contributed by atoms with Crippen molar-refractivity contribution < 1.29 is 19.0 Å². The fourth-order valence-corrected chi connectivity index (χ4v) is 5.78. The summed E-state index contributed by atoms with van der Waals surface area (Å²) in [5, 5.41) is 0.923. The van der Waals surface area contributed by atoms with Crippen LogP contribution in [-0.2, 0) is 9.53 Å². The minimum Gasteiger partial charge on any atom is -0.493 e. The summed E-state index contributed by atoms with van der Waals surface area (Å²) in [5.74, 6) is 0.729. The molecule has 1 aliphatic heterocycles. The van der Waals surface area contributed by atoms with Gasteiger partial charge in [-0.25, -0.2) is 9.79 Å². The summed E-state index contributed by atoms with van der Waals surface area (Å²) in [7, 11) is 1.56. The number of thiazole rings is 1. The van der Waals surface area contributed by atoms with Gasteiger partial charge in [0.05, 0.1) is 42.2 Å². The first-order valence-electron chi connectivity index (χ1n) is 13.1. The predicted molar refractivity (Wildman–Crippen MR) is 159 cm³/mol. The number of hydrogen-bond donors (Lipinski definition) is 0. The minimum atomic E-state index is -0.780. The molecule has 2 aromatic carbocycles. The highest BCUT2D eigenvalue weighted by molar-refractivity contribution is 7.07. The van der Waals surface area contributed by atoms with E-state index in [-0.39, 0.29) is 18.1 Å². The maximum Gasteiger partial charge on any atom is 0.338 e. The quantitative estimate of drug-likeness (QED) is 0.212. The van der Waals surface area contributed by atoms with E-state index in [1.165, 1.54) is 15.9 Å². The topological polar surface area (TPSA) is 79.1 Å². The second-order valence-electron chi connectivity index (χ2n) is 9.85. The van der Waals surface area contributed by atoms with Crippen LogP contribution in [-0.4, -0.2) is 30.9 Å². The van der Waals surface area contributed by atoms with Crippen LogP contribution in [0, 0.1) is 5.92 Å². The number of hydrogen-bond acceptors (Lipinski definition) is 7. The van der Waals surface area contributed by atoms with Crippen molar-refractivity contribution in [2.45, 2.75) is 46.6 Å². The number of halogens is 2. The van der Waals surface area contributed by atoms with Gasteiger partial charge in [-0.3, -0.25) is 9.36 Å². The number of esters is 1. The van der Waals surface area contributed by atoms with Crippen molar-refractivity contribution in [2.24, 2.45) is 10.9 Å². The molecule has 0 bridgehead atoms. The normalized spacial score (nSPS) is 15.2. The lowest BCUT2D eigenvalue weighted by Crippen LogP contribution is -2.40. The molecule has 0 radical (unpaired) electrons. The van der Waals surface area contributed by atoms with E-state index < -0.39 is 12.0 Å². The fourth-order valence-electron chi connectivity index (χ4n) is 4.28. The SMILES string of the molecule is CCCCOc1ccc(C2C(C(=O)OCC(C)C)=C(C)N=c3s/c(=C\c4ccc(Cl)cc4Cl)c(=O)n32)cc1OC. The number of methoxy groups -OCH3 is 1. The highest BCUT2D eigenvalue weighted by Gasteiger charge is 2.34. The third kappa shape index (κ3) is 6.45. The van der Waals surface area contributed by atoms with E-state index in [0.29, 0.717) is 59.9 Å². The van der Waals surface area contributed by atoms with Gasteiger partial charge in [0.2, 0.25) is 0 Å². The molecule has 2 heterocycles. The molecule has 1 aliphatic rings. The van der Waals surface area contributed by atoms with Crippen molar-refractivity contribution in [3.8, 4) is 11.5 Å².